The summed E-state index contributed by atoms with van der Waals surface area (Å²) in [5.74, 6) is -2.60. The molecule has 0 unspecified atom stereocenters. The van der Waals surface area contributed by atoms with Crippen LogP contribution >= 0.6 is 0 Å². The third-order valence-corrected chi connectivity index (χ3v) is 3.13. The number of carbonyl (C=O) groups is 2. The van der Waals surface area contributed by atoms with Crippen LogP contribution in [0.2, 0.25) is 0 Å². The van der Waals surface area contributed by atoms with Gasteiger partial charge in [0.15, 0.2) is 0 Å². The number of carboxylic acids is 2. The highest BCUT2D eigenvalue weighted by atomic mass is 19.4. The summed E-state index contributed by atoms with van der Waals surface area (Å²) >= 11 is 0. The summed E-state index contributed by atoms with van der Waals surface area (Å²) in [5, 5.41) is 18.0. The van der Waals surface area contributed by atoms with Crippen LogP contribution in [-0.2, 0) is 6.18 Å². The molecule has 2 aromatic rings. The first-order valence-electron chi connectivity index (χ1n) is 6.64. The van der Waals surface area contributed by atoms with Crippen molar-refractivity contribution in [3.05, 3.63) is 70.3 Å². The van der Waals surface area contributed by atoms with Crippen LogP contribution in [0.1, 0.15) is 37.4 Å². The van der Waals surface area contributed by atoms with E-state index >= 15 is 0 Å². The van der Waals surface area contributed by atoms with Crippen molar-refractivity contribution in [1.82, 2.24) is 0 Å². The molecule has 0 saturated heterocycles. The van der Waals surface area contributed by atoms with Crippen LogP contribution in [-0.4, -0.2) is 22.2 Å². The molecule has 0 radical (unpaired) electrons. The molecule has 0 spiro atoms. The maximum absolute atomic E-state index is 12.7. The summed E-state index contributed by atoms with van der Waals surface area (Å²) in [5.41, 5.74) is -0.750. The third kappa shape index (κ3) is 4.22. The number of hydrogen-bond donors (Lipinski definition) is 2. The fourth-order valence-corrected chi connectivity index (χ4v) is 2.01. The van der Waals surface area contributed by atoms with Gasteiger partial charge in [-0.05, 0) is 41.5 Å². The molecule has 0 aromatic heterocycles. The van der Waals surface area contributed by atoms with E-state index in [0.717, 1.165) is 18.2 Å². The highest BCUT2D eigenvalue weighted by molar-refractivity contribution is 5.95. The summed E-state index contributed by atoms with van der Waals surface area (Å²) in [6.45, 7) is 0. The van der Waals surface area contributed by atoms with E-state index in [2.05, 4.69) is 0 Å². The quantitative estimate of drug-likeness (QED) is 0.818. The summed E-state index contributed by atoms with van der Waals surface area (Å²) in [6, 6.07) is 8.05. The van der Waals surface area contributed by atoms with E-state index in [1.807, 2.05) is 0 Å². The maximum atomic E-state index is 12.7. The Bertz CT molecular complexity index is 791. The zero-order chi connectivity index (χ0) is 17.9. The molecule has 0 aliphatic rings. The van der Waals surface area contributed by atoms with Crippen molar-refractivity contribution in [2.45, 2.75) is 6.18 Å². The molecule has 0 fully saturated rings. The van der Waals surface area contributed by atoms with Crippen molar-refractivity contribution in [3.63, 3.8) is 0 Å². The van der Waals surface area contributed by atoms with Crippen LogP contribution in [0, 0.1) is 0 Å². The molecular weight excluding hydrogens is 325 g/mol. The third-order valence-electron chi connectivity index (χ3n) is 3.13. The van der Waals surface area contributed by atoms with Gasteiger partial charge in [-0.25, -0.2) is 9.59 Å². The lowest BCUT2D eigenvalue weighted by atomic mass is 10.0. The van der Waals surface area contributed by atoms with Crippen LogP contribution in [0.3, 0.4) is 0 Å². The predicted octanol–water partition coefficient (Wildman–Crippen LogP) is 4.27. The van der Waals surface area contributed by atoms with Crippen molar-refractivity contribution in [3.8, 4) is 0 Å². The first kappa shape index (κ1) is 17.3. The smallest absolute Gasteiger partial charge is 0.416 e. The van der Waals surface area contributed by atoms with Crippen LogP contribution in [0.4, 0.5) is 13.2 Å². The minimum atomic E-state index is -4.47. The largest absolute Gasteiger partial charge is 0.478 e. The second-order valence-corrected chi connectivity index (χ2v) is 4.91. The Hall–Kier alpha value is -3.09. The molecule has 0 aliphatic heterocycles. The summed E-state index contributed by atoms with van der Waals surface area (Å²) in [7, 11) is 0. The molecule has 7 heteroatoms. The fraction of sp³-hybridized carbons (Fsp3) is 0.0588. The molecule has 0 saturated carbocycles. The minimum Gasteiger partial charge on any atom is -0.478 e. The summed E-state index contributed by atoms with van der Waals surface area (Å²) in [4.78, 5) is 22.0. The van der Waals surface area contributed by atoms with Gasteiger partial charge in [0.05, 0.1) is 16.7 Å². The van der Waals surface area contributed by atoms with Crippen LogP contribution in [0.5, 0.6) is 0 Å². The molecule has 0 amide bonds. The van der Waals surface area contributed by atoms with Gasteiger partial charge in [0.1, 0.15) is 0 Å². The van der Waals surface area contributed by atoms with E-state index in [0.29, 0.717) is 0 Å². The number of rotatable bonds is 4. The van der Waals surface area contributed by atoms with Crippen molar-refractivity contribution in [2.24, 2.45) is 0 Å². The van der Waals surface area contributed by atoms with Gasteiger partial charge in [-0.1, -0.05) is 24.3 Å². The van der Waals surface area contributed by atoms with E-state index in [1.54, 1.807) is 0 Å². The molecule has 2 rings (SSSR count). The molecule has 0 heterocycles. The molecule has 0 atom stereocenters. The minimum absolute atomic E-state index is 0.224. The molecule has 2 aromatic carbocycles. The van der Waals surface area contributed by atoms with Crippen LogP contribution in [0.15, 0.2) is 42.5 Å². The van der Waals surface area contributed by atoms with Crippen molar-refractivity contribution >= 4 is 24.1 Å². The van der Waals surface area contributed by atoms with Crippen molar-refractivity contribution in [2.75, 3.05) is 0 Å². The zero-order valence-corrected chi connectivity index (χ0v) is 12.0. The standard InChI is InChI=1S/C17H11F3O4/c18-17(19,20)14-3-1-2-10(8-14)4-5-11-6-12(15(21)22)9-13(7-11)16(23)24/h1-9H,(H,21,22)(H,23,24)/b5-4+. The second-order valence-electron chi connectivity index (χ2n) is 4.91. The predicted molar refractivity (Wildman–Crippen MR) is 80.7 cm³/mol. The molecular formula is C17H11F3O4. The Labute approximate surface area is 134 Å². The average Bonchev–Trinajstić information content (AvgIpc) is 2.52. The zero-order valence-electron chi connectivity index (χ0n) is 12.0. The first-order valence-corrected chi connectivity index (χ1v) is 6.64. The lowest BCUT2D eigenvalue weighted by Gasteiger charge is -2.06. The number of halogens is 3. The normalized spacial score (nSPS) is 11.6. The van der Waals surface area contributed by atoms with Gasteiger partial charge >= 0.3 is 18.1 Å². The van der Waals surface area contributed by atoms with Gasteiger partial charge in [-0.2, -0.15) is 13.2 Å². The van der Waals surface area contributed by atoms with Crippen LogP contribution < -0.4 is 0 Å². The average molecular weight is 336 g/mol. The molecule has 124 valence electrons. The van der Waals surface area contributed by atoms with Crippen LogP contribution in [0.25, 0.3) is 12.2 Å². The molecule has 24 heavy (non-hydrogen) atoms. The fourth-order valence-electron chi connectivity index (χ4n) is 2.01. The topological polar surface area (TPSA) is 74.6 Å². The maximum Gasteiger partial charge on any atom is 0.416 e. The Morgan fingerprint density at radius 2 is 1.38 bits per heavy atom. The van der Waals surface area contributed by atoms with E-state index in [9.17, 15) is 22.8 Å². The van der Waals surface area contributed by atoms with Gasteiger partial charge in [-0.3, -0.25) is 0 Å². The number of alkyl halides is 3. The Kier molecular flexibility index (Phi) is 4.73. The summed E-state index contributed by atoms with van der Waals surface area (Å²) in [6.07, 6.45) is -1.76. The molecule has 2 N–H and O–H groups in total. The Balaban J connectivity index is 2.38. The highest BCUT2D eigenvalue weighted by Crippen LogP contribution is 2.29. The molecule has 0 aliphatic carbocycles. The van der Waals surface area contributed by atoms with E-state index < -0.39 is 23.7 Å². The number of hydrogen-bond acceptors (Lipinski definition) is 2. The molecule has 0 bridgehead atoms. The lowest BCUT2D eigenvalue weighted by Crippen LogP contribution is -2.04. The number of benzene rings is 2. The molecule has 4 nitrogen and oxygen atoms in total. The van der Waals surface area contributed by atoms with Gasteiger partial charge in [0.2, 0.25) is 0 Å². The van der Waals surface area contributed by atoms with E-state index in [4.69, 9.17) is 10.2 Å². The van der Waals surface area contributed by atoms with E-state index in [-0.39, 0.29) is 22.3 Å². The summed E-state index contributed by atoms with van der Waals surface area (Å²) < 4.78 is 38.0. The van der Waals surface area contributed by atoms with Gasteiger partial charge in [0, 0.05) is 0 Å². The van der Waals surface area contributed by atoms with Gasteiger partial charge < -0.3 is 10.2 Å². The highest BCUT2D eigenvalue weighted by Gasteiger charge is 2.30. The van der Waals surface area contributed by atoms with Gasteiger partial charge in [-0.15, -0.1) is 0 Å². The van der Waals surface area contributed by atoms with E-state index in [1.165, 1.54) is 36.4 Å². The van der Waals surface area contributed by atoms with Crippen molar-refractivity contribution in [1.29, 1.82) is 0 Å². The lowest BCUT2D eigenvalue weighted by molar-refractivity contribution is -0.137. The second kappa shape index (κ2) is 6.57. The SMILES string of the molecule is O=C(O)c1cc(/C=C/c2cccc(C(F)(F)F)c2)cc(C(=O)O)c1. The monoisotopic (exact) mass is 336 g/mol. The number of aromatic carboxylic acids is 2. The Morgan fingerprint density at radius 3 is 1.88 bits per heavy atom. The first-order chi connectivity index (χ1) is 11.2. The Morgan fingerprint density at radius 1 is 0.833 bits per heavy atom. The van der Waals surface area contributed by atoms with Crippen molar-refractivity contribution < 1.29 is 33.0 Å². The van der Waals surface area contributed by atoms with Gasteiger partial charge in [0.25, 0.3) is 0 Å². The number of carboxylic acid groups (broad SMARTS) is 2.